The number of hydrogen-bond donors (Lipinski definition) is 1. The first kappa shape index (κ1) is 20.8. The molecule has 1 aliphatic rings. The lowest BCUT2D eigenvalue weighted by molar-refractivity contribution is 0.300. The van der Waals surface area contributed by atoms with Crippen molar-refractivity contribution < 1.29 is 4.74 Å². The van der Waals surface area contributed by atoms with Gasteiger partial charge >= 0.3 is 0 Å². The molecule has 5 rings (SSSR count). The predicted octanol–water partition coefficient (Wildman–Crippen LogP) is 4.03. The zero-order chi connectivity index (χ0) is 22.5. The summed E-state index contributed by atoms with van der Waals surface area (Å²) in [6, 6.07) is 24.9. The van der Waals surface area contributed by atoms with Gasteiger partial charge in [-0.3, -0.25) is 0 Å². The molecule has 0 aliphatic carbocycles. The molecule has 1 aliphatic heterocycles. The van der Waals surface area contributed by atoms with E-state index in [2.05, 4.69) is 73.3 Å². The summed E-state index contributed by atoms with van der Waals surface area (Å²) in [6.45, 7) is 3.87. The molecule has 4 aromatic rings. The Morgan fingerprint density at radius 2 is 1.55 bits per heavy atom. The summed E-state index contributed by atoms with van der Waals surface area (Å²) in [5.41, 5.74) is 10.1. The van der Waals surface area contributed by atoms with Gasteiger partial charge in [-0.25, -0.2) is 15.0 Å². The van der Waals surface area contributed by atoms with Gasteiger partial charge in [0.15, 0.2) is 11.6 Å². The molecule has 0 unspecified atom stereocenters. The van der Waals surface area contributed by atoms with E-state index in [1.165, 1.54) is 16.8 Å². The third-order valence-electron chi connectivity index (χ3n) is 5.76. The van der Waals surface area contributed by atoms with Crippen LogP contribution in [0.3, 0.4) is 0 Å². The van der Waals surface area contributed by atoms with Crippen LogP contribution in [0.5, 0.6) is 5.75 Å². The first-order valence-corrected chi connectivity index (χ1v) is 11.1. The highest BCUT2D eigenvalue weighted by molar-refractivity contribution is 5.68. The largest absolute Gasteiger partial charge is 0.483 e. The molecule has 0 radical (unpaired) electrons. The van der Waals surface area contributed by atoms with Crippen molar-refractivity contribution in [1.82, 2.24) is 15.0 Å². The van der Waals surface area contributed by atoms with Crippen molar-refractivity contribution in [2.24, 2.45) is 0 Å². The second-order valence-corrected chi connectivity index (χ2v) is 7.91. The molecule has 7 nitrogen and oxygen atoms in total. The molecule has 2 N–H and O–H groups in total. The highest BCUT2D eigenvalue weighted by Crippen LogP contribution is 2.29. The summed E-state index contributed by atoms with van der Waals surface area (Å²) in [5, 5.41) is 0. The lowest BCUT2D eigenvalue weighted by atomic mass is 10.0. The SMILES string of the molecule is Nc1nccc(COc2cccnc2N2CCN(c3cccc(-c4ccccc4)c3)CC2)n1. The van der Waals surface area contributed by atoms with Crippen LogP contribution in [0.1, 0.15) is 5.69 Å². The summed E-state index contributed by atoms with van der Waals surface area (Å²) < 4.78 is 6.04. The molecule has 2 aromatic heterocycles. The Hall–Kier alpha value is -4.13. The first-order chi connectivity index (χ1) is 16.3. The Labute approximate surface area is 193 Å². The third-order valence-corrected chi connectivity index (χ3v) is 5.76. The van der Waals surface area contributed by atoms with E-state index in [9.17, 15) is 0 Å². The van der Waals surface area contributed by atoms with Crippen molar-refractivity contribution >= 4 is 17.5 Å². The molecule has 1 saturated heterocycles. The van der Waals surface area contributed by atoms with Crippen LogP contribution in [-0.4, -0.2) is 41.1 Å². The summed E-state index contributed by atoms with van der Waals surface area (Å²) in [4.78, 5) is 17.4. The number of rotatable bonds is 6. The van der Waals surface area contributed by atoms with Crippen LogP contribution in [0.4, 0.5) is 17.5 Å². The number of hydrogen-bond acceptors (Lipinski definition) is 7. The van der Waals surface area contributed by atoms with Crippen LogP contribution in [0, 0.1) is 0 Å². The van der Waals surface area contributed by atoms with Crippen molar-refractivity contribution in [3.05, 3.63) is 90.9 Å². The minimum Gasteiger partial charge on any atom is -0.483 e. The van der Waals surface area contributed by atoms with Crippen LogP contribution >= 0.6 is 0 Å². The van der Waals surface area contributed by atoms with Crippen LogP contribution in [-0.2, 0) is 6.61 Å². The predicted molar refractivity (Wildman–Crippen MR) is 131 cm³/mol. The average molecular weight is 439 g/mol. The Morgan fingerprint density at radius 3 is 2.36 bits per heavy atom. The molecule has 2 aromatic carbocycles. The van der Waals surface area contributed by atoms with E-state index in [1.54, 1.807) is 18.5 Å². The lowest BCUT2D eigenvalue weighted by Gasteiger charge is -2.37. The van der Waals surface area contributed by atoms with Gasteiger partial charge in [0.25, 0.3) is 0 Å². The number of aromatic nitrogens is 3. The van der Waals surface area contributed by atoms with Crippen LogP contribution in [0.2, 0.25) is 0 Å². The van der Waals surface area contributed by atoms with Gasteiger partial charge < -0.3 is 20.3 Å². The van der Waals surface area contributed by atoms with Crippen molar-refractivity contribution in [2.75, 3.05) is 41.7 Å². The second-order valence-electron chi connectivity index (χ2n) is 7.91. The Balaban J connectivity index is 1.25. The molecule has 33 heavy (non-hydrogen) atoms. The zero-order valence-electron chi connectivity index (χ0n) is 18.3. The quantitative estimate of drug-likeness (QED) is 0.487. The van der Waals surface area contributed by atoms with Crippen molar-refractivity contribution in [2.45, 2.75) is 6.61 Å². The molecule has 3 heterocycles. The molecular formula is C26H26N6O. The number of anilines is 3. The maximum Gasteiger partial charge on any atom is 0.220 e. The number of nitrogens with zero attached hydrogens (tertiary/aromatic N) is 5. The van der Waals surface area contributed by atoms with Crippen LogP contribution < -0.4 is 20.3 Å². The fraction of sp³-hybridized carbons (Fsp3) is 0.192. The van der Waals surface area contributed by atoms with E-state index in [0.29, 0.717) is 6.61 Å². The van der Waals surface area contributed by atoms with E-state index in [0.717, 1.165) is 43.4 Å². The van der Waals surface area contributed by atoms with Crippen LogP contribution in [0.15, 0.2) is 85.2 Å². The van der Waals surface area contributed by atoms with Gasteiger partial charge in [0.1, 0.15) is 6.61 Å². The average Bonchev–Trinajstić information content (AvgIpc) is 2.88. The number of piperazine rings is 1. The van der Waals surface area contributed by atoms with Gasteiger partial charge in [0, 0.05) is 44.3 Å². The first-order valence-electron chi connectivity index (χ1n) is 11.1. The molecule has 7 heteroatoms. The van der Waals surface area contributed by atoms with Gasteiger partial charge in [-0.15, -0.1) is 0 Å². The highest BCUT2D eigenvalue weighted by Gasteiger charge is 2.21. The number of nitrogens with two attached hydrogens (primary N) is 1. The van der Waals surface area contributed by atoms with E-state index in [-0.39, 0.29) is 5.95 Å². The van der Waals surface area contributed by atoms with Crippen molar-refractivity contribution in [1.29, 1.82) is 0 Å². The van der Waals surface area contributed by atoms with Gasteiger partial charge in [-0.2, -0.15) is 0 Å². The molecule has 0 saturated carbocycles. The fourth-order valence-corrected chi connectivity index (χ4v) is 4.07. The van der Waals surface area contributed by atoms with Crippen molar-refractivity contribution in [3.63, 3.8) is 0 Å². The van der Waals surface area contributed by atoms with Crippen molar-refractivity contribution in [3.8, 4) is 16.9 Å². The summed E-state index contributed by atoms with van der Waals surface area (Å²) in [7, 11) is 0. The second kappa shape index (κ2) is 9.56. The minimum atomic E-state index is 0.245. The number of benzene rings is 2. The highest BCUT2D eigenvalue weighted by atomic mass is 16.5. The van der Waals surface area contributed by atoms with E-state index < -0.39 is 0 Å². The van der Waals surface area contributed by atoms with Gasteiger partial charge in [-0.05, 0) is 41.5 Å². The van der Waals surface area contributed by atoms with Crippen LogP contribution in [0.25, 0.3) is 11.1 Å². The molecule has 0 atom stereocenters. The summed E-state index contributed by atoms with van der Waals surface area (Å²) in [5.74, 6) is 1.85. The molecule has 0 spiro atoms. The normalized spacial score (nSPS) is 13.7. The third kappa shape index (κ3) is 4.87. The smallest absolute Gasteiger partial charge is 0.220 e. The zero-order valence-corrected chi connectivity index (χ0v) is 18.3. The maximum absolute atomic E-state index is 6.04. The lowest BCUT2D eigenvalue weighted by Crippen LogP contribution is -2.47. The Kier molecular flexibility index (Phi) is 6.01. The summed E-state index contributed by atoms with van der Waals surface area (Å²) >= 11 is 0. The molecule has 0 bridgehead atoms. The molecule has 1 fully saturated rings. The van der Waals surface area contributed by atoms with E-state index in [4.69, 9.17) is 10.5 Å². The topological polar surface area (TPSA) is 80.4 Å². The van der Waals surface area contributed by atoms with Gasteiger partial charge in [0.05, 0.1) is 5.69 Å². The Bertz CT molecular complexity index is 1210. The van der Waals surface area contributed by atoms with Gasteiger partial charge in [-0.1, -0.05) is 42.5 Å². The molecule has 166 valence electrons. The Morgan fingerprint density at radius 1 is 0.758 bits per heavy atom. The molecular weight excluding hydrogens is 412 g/mol. The minimum absolute atomic E-state index is 0.245. The number of nitrogen functional groups attached to an aromatic ring is 1. The van der Waals surface area contributed by atoms with E-state index >= 15 is 0 Å². The van der Waals surface area contributed by atoms with E-state index in [1.807, 2.05) is 18.2 Å². The fourth-order valence-electron chi connectivity index (χ4n) is 4.07. The number of pyridine rings is 1. The van der Waals surface area contributed by atoms with Gasteiger partial charge in [0.2, 0.25) is 5.95 Å². The standard InChI is InChI=1S/C26H26N6O/c27-26-29-13-11-22(30-26)19-33-24-10-5-12-28-25(24)32-16-14-31(15-17-32)23-9-4-8-21(18-23)20-6-2-1-3-7-20/h1-13,18H,14-17,19H2,(H2,27,29,30). The monoisotopic (exact) mass is 438 g/mol. The maximum atomic E-state index is 6.04. The molecule has 0 amide bonds. The number of ether oxygens (including phenoxy) is 1. The summed E-state index contributed by atoms with van der Waals surface area (Å²) in [6.07, 6.45) is 3.44.